The second kappa shape index (κ2) is 7.62. The lowest BCUT2D eigenvalue weighted by Crippen LogP contribution is -2.66. The van der Waals surface area contributed by atoms with Gasteiger partial charge in [-0.25, -0.2) is 4.39 Å². The van der Waals surface area contributed by atoms with E-state index in [-0.39, 0.29) is 17.3 Å². The van der Waals surface area contributed by atoms with Crippen molar-refractivity contribution in [3.63, 3.8) is 0 Å². The Morgan fingerprint density at radius 2 is 1.92 bits per heavy atom. The maximum atomic E-state index is 13.0. The molecular formula is C20H27FN2O3. The van der Waals surface area contributed by atoms with Crippen molar-refractivity contribution >= 4 is 5.91 Å². The minimum Gasteiger partial charge on any atom is -0.379 e. The molecule has 3 heterocycles. The van der Waals surface area contributed by atoms with Gasteiger partial charge in [0, 0.05) is 19.6 Å². The van der Waals surface area contributed by atoms with Gasteiger partial charge in [-0.3, -0.25) is 9.69 Å². The summed E-state index contributed by atoms with van der Waals surface area (Å²) in [4.78, 5) is 16.7. The molecule has 1 atom stereocenters. The standard InChI is InChI=1S/C20H27FN2O3/c21-18-3-1-16(2-4-18)11-19(24)23-14-20(15-23)6-5-17(13-26-20)12-22-7-9-25-10-8-22/h1-4,17H,5-15H2. The molecule has 3 fully saturated rings. The smallest absolute Gasteiger partial charge is 0.227 e. The van der Waals surface area contributed by atoms with E-state index in [4.69, 9.17) is 9.47 Å². The molecule has 3 saturated heterocycles. The molecule has 26 heavy (non-hydrogen) atoms. The number of likely N-dealkylation sites (tertiary alicyclic amines) is 1. The predicted octanol–water partition coefficient (Wildman–Crippen LogP) is 1.71. The number of nitrogens with zero attached hydrogens (tertiary/aromatic N) is 2. The molecule has 3 aliphatic rings. The summed E-state index contributed by atoms with van der Waals surface area (Å²) in [6, 6.07) is 6.16. The van der Waals surface area contributed by atoms with E-state index in [1.807, 2.05) is 4.90 Å². The maximum absolute atomic E-state index is 13.0. The van der Waals surface area contributed by atoms with Crippen LogP contribution in [0, 0.1) is 11.7 Å². The summed E-state index contributed by atoms with van der Waals surface area (Å²) in [7, 11) is 0. The molecule has 1 unspecified atom stereocenters. The van der Waals surface area contributed by atoms with Crippen molar-refractivity contribution in [2.24, 2.45) is 5.92 Å². The molecule has 0 bridgehead atoms. The number of hydrogen-bond donors (Lipinski definition) is 0. The van der Waals surface area contributed by atoms with Crippen LogP contribution in [0.2, 0.25) is 0 Å². The fourth-order valence-corrected chi connectivity index (χ4v) is 4.17. The first-order valence-corrected chi connectivity index (χ1v) is 9.58. The zero-order valence-electron chi connectivity index (χ0n) is 15.2. The lowest BCUT2D eigenvalue weighted by atomic mass is 9.82. The van der Waals surface area contributed by atoms with Gasteiger partial charge in [-0.1, -0.05) is 12.1 Å². The molecule has 0 N–H and O–H groups in total. The van der Waals surface area contributed by atoms with Crippen molar-refractivity contribution in [1.82, 2.24) is 9.80 Å². The van der Waals surface area contributed by atoms with Gasteiger partial charge in [0.2, 0.25) is 5.91 Å². The van der Waals surface area contributed by atoms with Crippen molar-refractivity contribution in [1.29, 1.82) is 0 Å². The summed E-state index contributed by atoms with van der Waals surface area (Å²) < 4.78 is 24.6. The van der Waals surface area contributed by atoms with Crippen LogP contribution in [0.5, 0.6) is 0 Å². The van der Waals surface area contributed by atoms with Gasteiger partial charge in [-0.2, -0.15) is 0 Å². The monoisotopic (exact) mass is 362 g/mol. The molecule has 1 amide bonds. The predicted molar refractivity (Wildman–Crippen MR) is 95.4 cm³/mol. The fraction of sp³-hybridized carbons (Fsp3) is 0.650. The fourth-order valence-electron chi connectivity index (χ4n) is 4.17. The average Bonchev–Trinajstić information content (AvgIpc) is 2.63. The SMILES string of the molecule is O=C(Cc1ccc(F)cc1)N1CC2(CCC(CN3CCOCC3)CO2)C1. The number of carbonyl (C=O) groups excluding carboxylic acids is 1. The van der Waals surface area contributed by atoms with E-state index in [0.717, 1.165) is 57.9 Å². The molecule has 142 valence electrons. The lowest BCUT2D eigenvalue weighted by Gasteiger charge is -2.53. The normalized spacial score (nSPS) is 25.9. The van der Waals surface area contributed by atoms with Crippen LogP contribution in [0.25, 0.3) is 0 Å². The van der Waals surface area contributed by atoms with Crippen molar-refractivity contribution < 1.29 is 18.7 Å². The van der Waals surface area contributed by atoms with Crippen molar-refractivity contribution in [2.45, 2.75) is 24.9 Å². The highest BCUT2D eigenvalue weighted by molar-refractivity contribution is 5.79. The van der Waals surface area contributed by atoms with E-state index in [1.54, 1.807) is 12.1 Å². The third-order valence-corrected chi connectivity index (χ3v) is 5.83. The van der Waals surface area contributed by atoms with Gasteiger partial charge in [0.25, 0.3) is 0 Å². The quantitative estimate of drug-likeness (QED) is 0.818. The van der Waals surface area contributed by atoms with Gasteiger partial charge < -0.3 is 14.4 Å². The van der Waals surface area contributed by atoms with Gasteiger partial charge in [-0.05, 0) is 36.5 Å². The van der Waals surface area contributed by atoms with Gasteiger partial charge in [-0.15, -0.1) is 0 Å². The highest BCUT2D eigenvalue weighted by Gasteiger charge is 2.48. The number of rotatable bonds is 4. The molecule has 1 aromatic carbocycles. The molecule has 6 heteroatoms. The average molecular weight is 362 g/mol. The Bertz CT molecular complexity index is 614. The highest BCUT2D eigenvalue weighted by atomic mass is 19.1. The third kappa shape index (κ3) is 4.08. The Hall–Kier alpha value is -1.50. The van der Waals surface area contributed by atoms with Crippen LogP contribution in [0.3, 0.4) is 0 Å². The minimum atomic E-state index is -0.272. The van der Waals surface area contributed by atoms with E-state index in [0.29, 0.717) is 25.4 Å². The van der Waals surface area contributed by atoms with E-state index in [2.05, 4.69) is 4.90 Å². The minimum absolute atomic E-state index is 0.0984. The van der Waals surface area contributed by atoms with Crippen LogP contribution in [-0.4, -0.2) is 73.9 Å². The third-order valence-electron chi connectivity index (χ3n) is 5.83. The van der Waals surface area contributed by atoms with Crippen LogP contribution in [-0.2, 0) is 20.7 Å². The summed E-state index contributed by atoms with van der Waals surface area (Å²) in [5.41, 5.74) is 0.729. The zero-order valence-corrected chi connectivity index (χ0v) is 15.2. The number of benzene rings is 1. The molecule has 0 aromatic heterocycles. The van der Waals surface area contributed by atoms with Crippen LogP contribution < -0.4 is 0 Å². The number of amides is 1. The van der Waals surface area contributed by atoms with E-state index < -0.39 is 0 Å². The summed E-state index contributed by atoms with van der Waals surface area (Å²) in [6.45, 7) is 6.98. The van der Waals surface area contributed by atoms with Crippen LogP contribution in [0.4, 0.5) is 4.39 Å². The molecular weight excluding hydrogens is 335 g/mol. The van der Waals surface area contributed by atoms with Gasteiger partial charge in [0.15, 0.2) is 0 Å². The molecule has 3 aliphatic heterocycles. The lowest BCUT2D eigenvalue weighted by molar-refractivity contribution is -0.189. The molecule has 0 saturated carbocycles. The van der Waals surface area contributed by atoms with Gasteiger partial charge >= 0.3 is 0 Å². The first-order valence-electron chi connectivity index (χ1n) is 9.58. The second-order valence-electron chi connectivity index (χ2n) is 7.86. The Labute approximate surface area is 154 Å². The molecule has 4 rings (SSSR count). The Morgan fingerprint density at radius 1 is 1.19 bits per heavy atom. The summed E-state index contributed by atoms with van der Waals surface area (Å²) in [6.07, 6.45) is 2.52. The first kappa shape index (κ1) is 17.9. The molecule has 0 aliphatic carbocycles. The van der Waals surface area contributed by atoms with Crippen molar-refractivity contribution in [2.75, 3.05) is 52.5 Å². The van der Waals surface area contributed by atoms with E-state index in [1.165, 1.54) is 12.1 Å². The Morgan fingerprint density at radius 3 is 2.58 bits per heavy atom. The van der Waals surface area contributed by atoms with Crippen LogP contribution >= 0.6 is 0 Å². The molecule has 1 aromatic rings. The van der Waals surface area contributed by atoms with E-state index in [9.17, 15) is 9.18 Å². The summed E-state index contributed by atoms with van der Waals surface area (Å²) in [5, 5.41) is 0. The number of carbonyl (C=O) groups is 1. The number of ether oxygens (including phenoxy) is 2. The first-order chi connectivity index (χ1) is 12.6. The van der Waals surface area contributed by atoms with Gasteiger partial charge in [0.1, 0.15) is 11.4 Å². The number of hydrogen-bond acceptors (Lipinski definition) is 4. The summed E-state index contributed by atoms with van der Waals surface area (Å²) in [5.74, 6) is 0.412. The summed E-state index contributed by atoms with van der Waals surface area (Å²) >= 11 is 0. The molecule has 0 radical (unpaired) electrons. The molecule has 1 spiro atoms. The maximum Gasteiger partial charge on any atom is 0.227 e. The highest BCUT2D eigenvalue weighted by Crippen LogP contribution is 2.36. The van der Waals surface area contributed by atoms with Crippen LogP contribution in [0.1, 0.15) is 18.4 Å². The number of halogens is 1. The largest absolute Gasteiger partial charge is 0.379 e. The van der Waals surface area contributed by atoms with Crippen LogP contribution in [0.15, 0.2) is 24.3 Å². The Kier molecular flexibility index (Phi) is 5.25. The number of morpholine rings is 1. The van der Waals surface area contributed by atoms with E-state index >= 15 is 0 Å². The molecule has 5 nitrogen and oxygen atoms in total. The van der Waals surface area contributed by atoms with Gasteiger partial charge in [0.05, 0.1) is 39.3 Å². The topological polar surface area (TPSA) is 42.0 Å². The Balaban J connectivity index is 1.20. The van der Waals surface area contributed by atoms with Crippen molar-refractivity contribution in [3.8, 4) is 0 Å². The second-order valence-corrected chi connectivity index (χ2v) is 7.86. The van der Waals surface area contributed by atoms with Crippen molar-refractivity contribution in [3.05, 3.63) is 35.6 Å². The zero-order chi connectivity index (χ0) is 18.0.